The molecule has 0 unspecified atom stereocenters. The van der Waals surface area contributed by atoms with Crippen LogP contribution < -0.4 is 10.1 Å². The molecule has 0 heterocycles. The third-order valence-corrected chi connectivity index (χ3v) is 3.46. The van der Waals surface area contributed by atoms with E-state index in [9.17, 15) is 0 Å². The Morgan fingerprint density at radius 1 is 1.39 bits per heavy atom. The highest BCUT2D eigenvalue weighted by Gasteiger charge is 2.24. The molecule has 0 bridgehead atoms. The zero-order valence-electron chi connectivity index (χ0n) is 11.3. The molecule has 4 heteroatoms. The van der Waals surface area contributed by atoms with Gasteiger partial charge in [0.05, 0.1) is 7.11 Å². The van der Waals surface area contributed by atoms with E-state index in [1.54, 1.807) is 7.11 Å². The average Bonchev–Trinajstić information content (AvgIpc) is 2.35. The number of ether oxygens (including phenoxy) is 1. The van der Waals surface area contributed by atoms with E-state index in [2.05, 4.69) is 41.2 Å². The van der Waals surface area contributed by atoms with Crippen LogP contribution in [-0.2, 0) is 5.41 Å². The van der Waals surface area contributed by atoms with Crippen LogP contribution >= 0.6 is 15.9 Å². The van der Waals surface area contributed by atoms with Crippen molar-refractivity contribution in [2.45, 2.75) is 25.7 Å². The van der Waals surface area contributed by atoms with Crippen LogP contribution in [0.2, 0.25) is 0 Å². The lowest BCUT2D eigenvalue weighted by molar-refractivity contribution is 0.283. The predicted octanol–water partition coefficient (Wildman–Crippen LogP) is 2.71. The maximum Gasteiger partial charge on any atom is 0.122 e. The molecule has 0 aliphatic carbocycles. The van der Waals surface area contributed by atoms with Gasteiger partial charge in [0, 0.05) is 28.6 Å². The van der Waals surface area contributed by atoms with Gasteiger partial charge in [0.1, 0.15) is 5.75 Å². The second-order valence-corrected chi connectivity index (χ2v) is 5.90. The van der Waals surface area contributed by atoms with Crippen molar-refractivity contribution >= 4 is 15.9 Å². The lowest BCUT2D eigenvalue weighted by atomic mass is 9.84. The van der Waals surface area contributed by atoms with Crippen LogP contribution in [0.3, 0.4) is 0 Å². The standard InChI is InChI=1S/C14H22BrNO2/c1-14(2,10-16-7-4-8-17)12-9-11(15)5-6-13(12)18-3/h5-6,9,16-17H,4,7-8,10H2,1-3H3. The van der Waals surface area contributed by atoms with E-state index in [-0.39, 0.29) is 12.0 Å². The van der Waals surface area contributed by atoms with E-state index in [0.29, 0.717) is 0 Å². The summed E-state index contributed by atoms with van der Waals surface area (Å²) in [5.41, 5.74) is 1.15. The normalized spacial score (nSPS) is 11.6. The fraction of sp³-hybridized carbons (Fsp3) is 0.571. The van der Waals surface area contributed by atoms with Crippen LogP contribution in [0, 0.1) is 0 Å². The SMILES string of the molecule is COc1ccc(Br)cc1C(C)(C)CNCCCO. The van der Waals surface area contributed by atoms with Crippen molar-refractivity contribution in [3.8, 4) is 5.75 Å². The second kappa shape index (κ2) is 7.12. The summed E-state index contributed by atoms with van der Waals surface area (Å²) in [5, 5.41) is 12.1. The summed E-state index contributed by atoms with van der Waals surface area (Å²) in [7, 11) is 1.70. The van der Waals surface area contributed by atoms with E-state index < -0.39 is 0 Å². The summed E-state index contributed by atoms with van der Waals surface area (Å²) in [6.45, 7) is 6.27. The number of hydrogen-bond donors (Lipinski definition) is 2. The first kappa shape index (κ1) is 15.5. The van der Waals surface area contributed by atoms with Crippen molar-refractivity contribution in [3.63, 3.8) is 0 Å². The highest BCUT2D eigenvalue weighted by molar-refractivity contribution is 9.10. The minimum absolute atomic E-state index is 0.0232. The number of benzene rings is 1. The van der Waals surface area contributed by atoms with Crippen LogP contribution in [0.15, 0.2) is 22.7 Å². The summed E-state index contributed by atoms with van der Waals surface area (Å²) in [5.74, 6) is 0.909. The Kier molecular flexibility index (Phi) is 6.12. The second-order valence-electron chi connectivity index (χ2n) is 4.98. The van der Waals surface area contributed by atoms with Crippen molar-refractivity contribution in [3.05, 3.63) is 28.2 Å². The van der Waals surface area contributed by atoms with Crippen LogP contribution in [0.5, 0.6) is 5.75 Å². The maximum atomic E-state index is 8.77. The highest BCUT2D eigenvalue weighted by atomic mass is 79.9. The van der Waals surface area contributed by atoms with Crippen LogP contribution in [0.4, 0.5) is 0 Å². The van der Waals surface area contributed by atoms with Gasteiger partial charge in [0.15, 0.2) is 0 Å². The Labute approximate surface area is 118 Å². The molecule has 3 nitrogen and oxygen atoms in total. The first-order valence-corrected chi connectivity index (χ1v) is 6.96. The Bertz CT molecular complexity index is 380. The van der Waals surface area contributed by atoms with Gasteiger partial charge in [-0.2, -0.15) is 0 Å². The van der Waals surface area contributed by atoms with Crippen LogP contribution in [0.1, 0.15) is 25.8 Å². The monoisotopic (exact) mass is 315 g/mol. The largest absolute Gasteiger partial charge is 0.496 e. The van der Waals surface area contributed by atoms with Gasteiger partial charge in [0.25, 0.3) is 0 Å². The van der Waals surface area contributed by atoms with E-state index >= 15 is 0 Å². The lowest BCUT2D eigenvalue weighted by Gasteiger charge is -2.27. The summed E-state index contributed by atoms with van der Waals surface area (Å²) >= 11 is 3.50. The molecule has 18 heavy (non-hydrogen) atoms. The highest BCUT2D eigenvalue weighted by Crippen LogP contribution is 2.33. The average molecular weight is 316 g/mol. The smallest absolute Gasteiger partial charge is 0.122 e. The predicted molar refractivity (Wildman–Crippen MR) is 78.3 cm³/mol. The summed E-state index contributed by atoms with van der Waals surface area (Å²) < 4.78 is 6.48. The fourth-order valence-corrected chi connectivity index (χ4v) is 2.27. The Balaban J connectivity index is 2.79. The molecule has 0 amide bonds. The molecule has 1 rings (SSSR count). The topological polar surface area (TPSA) is 41.5 Å². The molecule has 0 spiro atoms. The van der Waals surface area contributed by atoms with Crippen molar-refractivity contribution in [1.29, 1.82) is 0 Å². The number of halogens is 1. The first-order valence-electron chi connectivity index (χ1n) is 6.17. The molecule has 0 aromatic heterocycles. The number of rotatable bonds is 7. The molecule has 0 fully saturated rings. The summed E-state index contributed by atoms with van der Waals surface area (Å²) in [6.07, 6.45) is 0.783. The Hall–Kier alpha value is -0.580. The van der Waals surface area contributed by atoms with Crippen LogP contribution in [0.25, 0.3) is 0 Å². The minimum Gasteiger partial charge on any atom is -0.496 e. The van der Waals surface area contributed by atoms with E-state index in [1.807, 2.05) is 12.1 Å². The molecule has 0 aliphatic heterocycles. The van der Waals surface area contributed by atoms with Gasteiger partial charge in [-0.05, 0) is 31.2 Å². The zero-order valence-corrected chi connectivity index (χ0v) is 12.9. The van der Waals surface area contributed by atoms with Crippen molar-refractivity contribution in [2.24, 2.45) is 0 Å². The Morgan fingerprint density at radius 3 is 2.72 bits per heavy atom. The molecule has 1 aromatic carbocycles. The van der Waals surface area contributed by atoms with Crippen molar-refractivity contribution < 1.29 is 9.84 Å². The number of hydrogen-bond acceptors (Lipinski definition) is 3. The van der Waals surface area contributed by atoms with Gasteiger partial charge in [-0.15, -0.1) is 0 Å². The van der Waals surface area contributed by atoms with Gasteiger partial charge in [-0.3, -0.25) is 0 Å². The number of nitrogens with one attached hydrogen (secondary N) is 1. The number of methoxy groups -OCH3 is 1. The molecule has 0 saturated heterocycles. The number of aliphatic hydroxyl groups is 1. The fourth-order valence-electron chi connectivity index (χ4n) is 1.91. The molecule has 1 aromatic rings. The Morgan fingerprint density at radius 2 is 2.11 bits per heavy atom. The molecule has 0 atom stereocenters. The van der Waals surface area contributed by atoms with Gasteiger partial charge in [-0.25, -0.2) is 0 Å². The zero-order chi connectivity index (χ0) is 13.6. The van der Waals surface area contributed by atoms with Crippen molar-refractivity contribution in [1.82, 2.24) is 5.32 Å². The van der Waals surface area contributed by atoms with Gasteiger partial charge < -0.3 is 15.2 Å². The van der Waals surface area contributed by atoms with Gasteiger partial charge in [-0.1, -0.05) is 29.8 Å². The maximum absolute atomic E-state index is 8.77. The third-order valence-electron chi connectivity index (χ3n) is 2.97. The molecule has 0 saturated carbocycles. The summed E-state index contributed by atoms with van der Waals surface area (Å²) in [6, 6.07) is 6.07. The van der Waals surface area contributed by atoms with E-state index in [4.69, 9.17) is 9.84 Å². The molecule has 102 valence electrons. The molecule has 2 N–H and O–H groups in total. The van der Waals surface area contributed by atoms with Gasteiger partial charge >= 0.3 is 0 Å². The molecular weight excluding hydrogens is 294 g/mol. The third kappa shape index (κ3) is 4.26. The molecular formula is C14H22BrNO2. The van der Waals surface area contributed by atoms with Gasteiger partial charge in [0.2, 0.25) is 0 Å². The van der Waals surface area contributed by atoms with Crippen molar-refractivity contribution in [2.75, 3.05) is 26.8 Å². The van der Waals surface area contributed by atoms with E-state index in [0.717, 1.165) is 29.7 Å². The van der Waals surface area contributed by atoms with Crippen LogP contribution in [-0.4, -0.2) is 31.9 Å². The summed E-state index contributed by atoms with van der Waals surface area (Å²) in [4.78, 5) is 0. The van der Waals surface area contributed by atoms with E-state index in [1.165, 1.54) is 5.56 Å². The molecule has 0 aliphatic rings. The lowest BCUT2D eigenvalue weighted by Crippen LogP contribution is -2.34. The quantitative estimate of drug-likeness (QED) is 0.760. The molecule has 0 radical (unpaired) electrons. The first-order chi connectivity index (χ1) is 8.51. The number of aliphatic hydroxyl groups excluding tert-OH is 1. The minimum atomic E-state index is -0.0232.